The Bertz CT molecular complexity index is 655. The third-order valence-corrected chi connectivity index (χ3v) is 3.67. The van der Waals surface area contributed by atoms with Crippen LogP contribution in [0.3, 0.4) is 0 Å². The van der Waals surface area contributed by atoms with E-state index in [9.17, 15) is 10.1 Å². The van der Waals surface area contributed by atoms with Gasteiger partial charge < -0.3 is 9.97 Å². The normalized spacial score (nSPS) is 17.6. The quantitative estimate of drug-likeness (QED) is 0.824. The van der Waals surface area contributed by atoms with E-state index in [0.29, 0.717) is 0 Å². The third-order valence-electron chi connectivity index (χ3n) is 3.67. The molecule has 0 unspecified atom stereocenters. The van der Waals surface area contributed by atoms with E-state index < -0.39 is 0 Å². The van der Waals surface area contributed by atoms with Crippen molar-refractivity contribution in [3.8, 4) is 6.07 Å². The number of nitriles is 1. The molecule has 0 atom stereocenters. The van der Waals surface area contributed by atoms with Gasteiger partial charge in [-0.25, -0.2) is 4.79 Å². The first-order valence-corrected chi connectivity index (χ1v) is 5.83. The Morgan fingerprint density at radius 1 is 1.29 bits per heavy atom. The Hall–Kier alpha value is -2.02. The Morgan fingerprint density at radius 3 is 2.71 bits per heavy atom. The van der Waals surface area contributed by atoms with E-state index in [2.05, 4.69) is 16.0 Å². The molecule has 0 aliphatic heterocycles. The molecule has 1 aromatic carbocycles. The van der Waals surface area contributed by atoms with Crippen molar-refractivity contribution in [1.29, 1.82) is 5.26 Å². The molecule has 1 aromatic heterocycles. The van der Waals surface area contributed by atoms with Gasteiger partial charge in [-0.3, -0.25) is 0 Å². The molecule has 4 nitrogen and oxygen atoms in total. The molecule has 0 radical (unpaired) electrons. The molecule has 1 fully saturated rings. The minimum Gasteiger partial charge on any atom is -0.306 e. The van der Waals surface area contributed by atoms with E-state index in [-0.39, 0.29) is 11.1 Å². The predicted octanol–water partition coefficient (Wildman–Crippen LogP) is 2.09. The summed E-state index contributed by atoms with van der Waals surface area (Å²) in [5.74, 6) is 0. The van der Waals surface area contributed by atoms with Crippen molar-refractivity contribution in [1.82, 2.24) is 9.97 Å². The molecule has 0 amide bonds. The number of imidazole rings is 1. The van der Waals surface area contributed by atoms with Crippen LogP contribution in [0.4, 0.5) is 0 Å². The van der Waals surface area contributed by atoms with E-state index in [1.165, 1.54) is 0 Å². The molecular formula is C13H13N3O. The monoisotopic (exact) mass is 227 g/mol. The van der Waals surface area contributed by atoms with Crippen molar-refractivity contribution < 1.29 is 0 Å². The van der Waals surface area contributed by atoms with Crippen LogP contribution in [0.15, 0.2) is 23.0 Å². The van der Waals surface area contributed by atoms with Crippen LogP contribution in [-0.4, -0.2) is 9.97 Å². The highest BCUT2D eigenvalue weighted by Crippen LogP contribution is 2.43. The summed E-state index contributed by atoms with van der Waals surface area (Å²) in [4.78, 5) is 16.6. The van der Waals surface area contributed by atoms with Gasteiger partial charge in [0.05, 0.1) is 22.5 Å². The topological polar surface area (TPSA) is 72.4 Å². The molecule has 1 saturated carbocycles. The summed E-state index contributed by atoms with van der Waals surface area (Å²) < 4.78 is 0. The summed E-state index contributed by atoms with van der Waals surface area (Å²) in [7, 11) is 0. The second kappa shape index (κ2) is 3.49. The van der Waals surface area contributed by atoms with Crippen molar-refractivity contribution >= 4 is 11.0 Å². The van der Waals surface area contributed by atoms with Gasteiger partial charge in [0.2, 0.25) is 0 Å². The summed E-state index contributed by atoms with van der Waals surface area (Å²) in [5, 5.41) is 9.20. The smallest absolute Gasteiger partial charge is 0.306 e. The second-order valence-electron chi connectivity index (χ2n) is 4.88. The maximum absolute atomic E-state index is 11.1. The maximum Gasteiger partial charge on any atom is 0.323 e. The fraction of sp³-hybridized carbons (Fsp3) is 0.385. The van der Waals surface area contributed by atoms with Crippen molar-refractivity contribution in [2.45, 2.75) is 25.7 Å². The van der Waals surface area contributed by atoms with Crippen LogP contribution in [0.5, 0.6) is 0 Å². The minimum atomic E-state index is -0.184. The van der Waals surface area contributed by atoms with Crippen LogP contribution in [0.25, 0.3) is 11.0 Å². The fourth-order valence-corrected chi connectivity index (χ4v) is 2.51. The van der Waals surface area contributed by atoms with E-state index in [4.69, 9.17) is 0 Å². The van der Waals surface area contributed by atoms with Crippen LogP contribution in [0.1, 0.15) is 24.8 Å². The molecule has 17 heavy (non-hydrogen) atoms. The Labute approximate surface area is 98.3 Å². The van der Waals surface area contributed by atoms with Crippen molar-refractivity contribution in [2.24, 2.45) is 5.41 Å². The molecule has 1 aliphatic rings. The van der Waals surface area contributed by atoms with Crippen molar-refractivity contribution in [3.63, 3.8) is 0 Å². The molecule has 2 aromatic rings. The van der Waals surface area contributed by atoms with Crippen molar-refractivity contribution in [3.05, 3.63) is 34.2 Å². The molecule has 0 spiro atoms. The lowest BCUT2D eigenvalue weighted by atomic mass is 9.66. The van der Waals surface area contributed by atoms with Crippen LogP contribution in [0, 0.1) is 16.7 Å². The number of benzene rings is 1. The average molecular weight is 227 g/mol. The zero-order valence-electron chi connectivity index (χ0n) is 9.42. The molecular weight excluding hydrogens is 214 g/mol. The molecule has 0 bridgehead atoms. The molecule has 0 saturated heterocycles. The molecule has 86 valence electrons. The lowest BCUT2D eigenvalue weighted by molar-refractivity contribution is 0.214. The number of H-pyrrole nitrogens is 2. The zero-order valence-corrected chi connectivity index (χ0v) is 9.42. The van der Waals surface area contributed by atoms with Gasteiger partial charge in [0.15, 0.2) is 0 Å². The van der Waals surface area contributed by atoms with E-state index in [1.54, 1.807) is 0 Å². The summed E-state index contributed by atoms with van der Waals surface area (Å²) in [5.41, 5.74) is 2.41. The van der Waals surface area contributed by atoms with Crippen molar-refractivity contribution in [2.75, 3.05) is 0 Å². The molecule has 2 N–H and O–H groups in total. The van der Waals surface area contributed by atoms with Crippen LogP contribution < -0.4 is 5.69 Å². The Balaban J connectivity index is 1.96. The first kappa shape index (κ1) is 10.2. The molecule has 1 aliphatic carbocycles. The van der Waals surface area contributed by atoms with Gasteiger partial charge in [0.1, 0.15) is 0 Å². The number of nitrogens with one attached hydrogen (secondary N) is 2. The van der Waals surface area contributed by atoms with Crippen LogP contribution in [-0.2, 0) is 6.42 Å². The highest BCUT2D eigenvalue weighted by atomic mass is 16.1. The Kier molecular flexibility index (Phi) is 2.08. The fourth-order valence-electron chi connectivity index (χ4n) is 2.51. The molecule has 3 rings (SSSR count). The maximum atomic E-state index is 11.1. The first-order valence-electron chi connectivity index (χ1n) is 5.83. The summed E-state index contributed by atoms with van der Waals surface area (Å²) in [6.45, 7) is 0. The Morgan fingerprint density at radius 2 is 2.06 bits per heavy atom. The number of hydrogen-bond acceptors (Lipinski definition) is 2. The van der Waals surface area contributed by atoms with E-state index >= 15 is 0 Å². The van der Waals surface area contributed by atoms with Gasteiger partial charge >= 0.3 is 5.69 Å². The van der Waals surface area contributed by atoms with Gasteiger partial charge in [-0.1, -0.05) is 12.5 Å². The van der Waals surface area contributed by atoms with Gasteiger partial charge in [0.25, 0.3) is 0 Å². The summed E-state index contributed by atoms with van der Waals surface area (Å²) in [6, 6.07) is 8.28. The number of nitrogens with zero attached hydrogens (tertiary/aromatic N) is 1. The summed E-state index contributed by atoms with van der Waals surface area (Å²) >= 11 is 0. The highest BCUT2D eigenvalue weighted by molar-refractivity contribution is 5.75. The third kappa shape index (κ3) is 1.64. The minimum absolute atomic E-state index is 0.162. The number of fused-ring (bicyclic) bond motifs is 1. The van der Waals surface area contributed by atoms with Gasteiger partial charge in [0, 0.05) is 0 Å². The van der Waals surface area contributed by atoms with Crippen LogP contribution in [0.2, 0.25) is 0 Å². The number of hydrogen-bond donors (Lipinski definition) is 2. The first-order chi connectivity index (χ1) is 8.21. The van der Waals surface area contributed by atoms with Gasteiger partial charge in [-0.2, -0.15) is 5.26 Å². The van der Waals surface area contributed by atoms with E-state index in [0.717, 1.165) is 42.3 Å². The number of aromatic nitrogens is 2. The van der Waals surface area contributed by atoms with Crippen LogP contribution >= 0.6 is 0 Å². The number of rotatable bonds is 2. The lowest BCUT2D eigenvalue weighted by Crippen LogP contribution is -2.29. The predicted molar refractivity (Wildman–Crippen MR) is 64.5 cm³/mol. The molecule has 4 heteroatoms. The standard InChI is InChI=1S/C13H13N3O/c14-8-13(4-1-5-13)7-9-2-3-10-11(6-9)16-12(17)15-10/h2-3,6H,1,4-5,7H2,(H2,15,16,17). The highest BCUT2D eigenvalue weighted by Gasteiger charge is 2.37. The SMILES string of the molecule is N#CC1(Cc2ccc3[nH]c(=O)[nH]c3c2)CCC1. The van der Waals surface area contributed by atoms with Gasteiger partial charge in [-0.05, 0) is 37.0 Å². The second-order valence-corrected chi connectivity index (χ2v) is 4.88. The molecule has 1 heterocycles. The summed E-state index contributed by atoms with van der Waals surface area (Å²) in [6.07, 6.45) is 3.92. The largest absolute Gasteiger partial charge is 0.323 e. The van der Waals surface area contributed by atoms with Gasteiger partial charge in [-0.15, -0.1) is 0 Å². The number of aromatic amines is 2. The lowest BCUT2D eigenvalue weighted by Gasteiger charge is -2.35. The average Bonchev–Trinajstić information content (AvgIpc) is 2.63. The van der Waals surface area contributed by atoms with E-state index in [1.807, 2.05) is 18.2 Å². The zero-order chi connectivity index (χ0) is 11.9.